The molecule has 5 rings (SSSR count). The first-order valence-corrected chi connectivity index (χ1v) is 8.67. The Labute approximate surface area is 127 Å². The molecular weight excluding hydrogens is 261 g/mol. The largest absolute Gasteiger partial charge is 0.310 e. The molecule has 0 heterocycles. The topological polar surface area (TPSA) is 12.0 Å². The summed E-state index contributed by atoms with van der Waals surface area (Å²) in [5.74, 6) is 2.71. The zero-order valence-corrected chi connectivity index (χ0v) is 12.9. The summed E-state index contributed by atoms with van der Waals surface area (Å²) < 4.78 is 13.7. The van der Waals surface area contributed by atoms with Gasteiger partial charge in [0.2, 0.25) is 0 Å². The quantitative estimate of drug-likeness (QED) is 0.847. The van der Waals surface area contributed by atoms with Gasteiger partial charge in [-0.1, -0.05) is 19.1 Å². The van der Waals surface area contributed by atoms with Gasteiger partial charge < -0.3 is 5.32 Å². The first-order valence-electron chi connectivity index (χ1n) is 8.67. The molecule has 1 nitrogen and oxygen atoms in total. The summed E-state index contributed by atoms with van der Waals surface area (Å²) in [6.07, 6.45) is 8.44. The van der Waals surface area contributed by atoms with Crippen LogP contribution in [0.25, 0.3) is 0 Å². The summed E-state index contributed by atoms with van der Waals surface area (Å²) >= 11 is 0. The maximum Gasteiger partial charge on any atom is 0.123 e. The van der Waals surface area contributed by atoms with Gasteiger partial charge in [-0.25, -0.2) is 4.39 Å². The van der Waals surface area contributed by atoms with Crippen LogP contribution in [-0.2, 0) is 0 Å². The monoisotopic (exact) mass is 287 g/mol. The highest BCUT2D eigenvalue weighted by atomic mass is 19.1. The van der Waals surface area contributed by atoms with Crippen molar-refractivity contribution < 1.29 is 4.39 Å². The van der Waals surface area contributed by atoms with Gasteiger partial charge in [0.05, 0.1) is 0 Å². The van der Waals surface area contributed by atoms with Gasteiger partial charge in [0.25, 0.3) is 0 Å². The van der Waals surface area contributed by atoms with E-state index < -0.39 is 0 Å². The lowest BCUT2D eigenvalue weighted by Gasteiger charge is -2.59. The molecule has 1 N–H and O–H groups in total. The molecule has 0 radical (unpaired) electrons. The van der Waals surface area contributed by atoms with Crippen LogP contribution < -0.4 is 5.32 Å². The van der Waals surface area contributed by atoms with Crippen molar-refractivity contribution in [2.45, 2.75) is 51.5 Å². The van der Waals surface area contributed by atoms with Crippen molar-refractivity contribution >= 4 is 0 Å². The van der Waals surface area contributed by atoms with Gasteiger partial charge in [-0.2, -0.15) is 0 Å². The van der Waals surface area contributed by atoms with E-state index in [-0.39, 0.29) is 5.82 Å². The zero-order chi connectivity index (χ0) is 14.4. The van der Waals surface area contributed by atoms with E-state index in [1.165, 1.54) is 44.1 Å². The first kappa shape index (κ1) is 13.8. The average Bonchev–Trinajstić information content (AvgIpc) is 2.43. The van der Waals surface area contributed by atoms with E-state index >= 15 is 0 Å². The Kier molecular flexibility index (Phi) is 3.33. The highest BCUT2D eigenvalue weighted by Gasteiger charge is 2.54. The van der Waals surface area contributed by atoms with Gasteiger partial charge in [-0.3, -0.25) is 0 Å². The van der Waals surface area contributed by atoms with Crippen molar-refractivity contribution in [3.63, 3.8) is 0 Å². The lowest BCUT2D eigenvalue weighted by molar-refractivity contribution is -0.0746. The summed E-state index contributed by atoms with van der Waals surface area (Å²) in [5, 5.41) is 3.72. The molecule has 4 bridgehead atoms. The molecule has 21 heavy (non-hydrogen) atoms. The molecule has 0 aliphatic heterocycles. The van der Waals surface area contributed by atoms with Crippen molar-refractivity contribution in [2.24, 2.45) is 23.2 Å². The second-order valence-electron chi connectivity index (χ2n) is 7.83. The molecule has 4 fully saturated rings. The molecule has 0 spiro atoms. The van der Waals surface area contributed by atoms with Gasteiger partial charge in [0, 0.05) is 6.04 Å². The Morgan fingerprint density at radius 3 is 2.29 bits per heavy atom. The Morgan fingerprint density at radius 2 is 1.76 bits per heavy atom. The molecule has 2 heteroatoms. The third-order valence-corrected chi connectivity index (χ3v) is 6.29. The highest BCUT2D eigenvalue weighted by Crippen LogP contribution is 2.64. The molecule has 1 aromatic carbocycles. The zero-order valence-electron chi connectivity index (χ0n) is 12.9. The average molecular weight is 287 g/mol. The van der Waals surface area contributed by atoms with E-state index in [0.29, 0.717) is 11.5 Å². The first-order chi connectivity index (χ1) is 10.2. The molecule has 114 valence electrons. The predicted octanol–water partition coefficient (Wildman–Crippen LogP) is 4.69. The van der Waals surface area contributed by atoms with Crippen LogP contribution in [0.2, 0.25) is 0 Å². The summed E-state index contributed by atoms with van der Waals surface area (Å²) in [7, 11) is 0. The maximum absolute atomic E-state index is 13.7. The fourth-order valence-electron chi connectivity index (χ4n) is 6.11. The van der Waals surface area contributed by atoms with Crippen molar-refractivity contribution in [3.8, 4) is 0 Å². The van der Waals surface area contributed by atoms with Crippen molar-refractivity contribution in [1.82, 2.24) is 5.32 Å². The summed E-state index contributed by atoms with van der Waals surface area (Å²) in [6.45, 7) is 3.13. The number of hydrogen-bond acceptors (Lipinski definition) is 1. The molecule has 0 aromatic heterocycles. The molecule has 1 aromatic rings. The summed E-state index contributed by atoms with van der Waals surface area (Å²) in [4.78, 5) is 0. The van der Waals surface area contributed by atoms with Crippen LogP contribution in [0.1, 0.15) is 57.1 Å². The number of benzene rings is 1. The smallest absolute Gasteiger partial charge is 0.123 e. The number of nitrogens with one attached hydrogen (secondary N) is 1. The number of hydrogen-bond donors (Lipinski definition) is 1. The second-order valence-corrected chi connectivity index (χ2v) is 7.83. The van der Waals surface area contributed by atoms with E-state index in [1.54, 1.807) is 12.1 Å². The van der Waals surface area contributed by atoms with E-state index in [2.05, 4.69) is 18.3 Å². The van der Waals surface area contributed by atoms with Crippen molar-refractivity contribution in [2.75, 3.05) is 6.54 Å². The van der Waals surface area contributed by atoms with Gasteiger partial charge >= 0.3 is 0 Å². The fraction of sp³-hybridized carbons (Fsp3) is 0.684. The van der Waals surface area contributed by atoms with Gasteiger partial charge in [0.15, 0.2) is 0 Å². The van der Waals surface area contributed by atoms with Crippen molar-refractivity contribution in [1.29, 1.82) is 0 Å². The lowest BCUT2D eigenvalue weighted by atomic mass is 9.47. The summed E-state index contributed by atoms with van der Waals surface area (Å²) in [5.41, 5.74) is 1.55. The Bertz CT molecular complexity index is 489. The lowest BCUT2D eigenvalue weighted by Crippen LogP contribution is -2.52. The molecule has 4 aliphatic rings. The minimum atomic E-state index is -0.0971. The van der Waals surface area contributed by atoms with Crippen molar-refractivity contribution in [3.05, 3.63) is 35.6 Å². The Hall–Kier alpha value is -0.890. The SMILES string of the molecule is CCNC(c1cccc(F)c1)C12CC3CC(CC(C3)C1)C2. The van der Waals surface area contributed by atoms with Crippen LogP contribution in [-0.4, -0.2) is 6.54 Å². The molecular formula is C19H26FN. The van der Waals surface area contributed by atoms with Crippen LogP contribution in [0.15, 0.2) is 24.3 Å². The molecule has 1 unspecified atom stereocenters. The third kappa shape index (κ3) is 2.32. The fourth-order valence-corrected chi connectivity index (χ4v) is 6.11. The van der Waals surface area contributed by atoms with E-state index in [9.17, 15) is 4.39 Å². The number of rotatable bonds is 4. The van der Waals surface area contributed by atoms with E-state index in [1.807, 2.05) is 6.07 Å². The van der Waals surface area contributed by atoms with Crippen LogP contribution >= 0.6 is 0 Å². The van der Waals surface area contributed by atoms with Gasteiger partial charge in [0.1, 0.15) is 5.82 Å². The third-order valence-electron chi connectivity index (χ3n) is 6.29. The van der Waals surface area contributed by atoms with Crippen LogP contribution in [0.4, 0.5) is 4.39 Å². The minimum Gasteiger partial charge on any atom is -0.310 e. The maximum atomic E-state index is 13.7. The van der Waals surface area contributed by atoms with E-state index in [0.717, 1.165) is 24.3 Å². The Balaban J connectivity index is 1.70. The highest BCUT2D eigenvalue weighted by molar-refractivity contribution is 5.24. The van der Waals surface area contributed by atoms with Crippen LogP contribution in [0.3, 0.4) is 0 Å². The summed E-state index contributed by atoms with van der Waals surface area (Å²) in [6, 6.07) is 7.65. The minimum absolute atomic E-state index is 0.0971. The molecule has 0 saturated heterocycles. The normalized spacial score (nSPS) is 38.7. The van der Waals surface area contributed by atoms with Gasteiger partial charge in [-0.05, 0) is 85.9 Å². The Morgan fingerprint density at radius 1 is 1.14 bits per heavy atom. The van der Waals surface area contributed by atoms with E-state index in [4.69, 9.17) is 0 Å². The molecule has 4 saturated carbocycles. The predicted molar refractivity (Wildman–Crippen MR) is 83.4 cm³/mol. The van der Waals surface area contributed by atoms with Crippen LogP contribution in [0.5, 0.6) is 0 Å². The van der Waals surface area contributed by atoms with Gasteiger partial charge in [-0.15, -0.1) is 0 Å². The standard InChI is InChI=1S/C19H26FN/c1-2-21-18(16-4-3-5-17(20)9-16)19-10-13-6-14(11-19)8-15(7-13)12-19/h3-5,9,13-15,18,21H,2,6-8,10-12H2,1H3. The molecule has 0 amide bonds. The molecule has 4 aliphatic carbocycles. The second kappa shape index (κ2) is 5.08. The van der Waals surface area contributed by atoms with Crippen LogP contribution in [0, 0.1) is 29.0 Å². The number of halogens is 1. The molecule has 1 atom stereocenters.